The first kappa shape index (κ1) is 20.6. The molecule has 0 spiro atoms. The van der Waals surface area contributed by atoms with Gasteiger partial charge in [0.15, 0.2) is 0 Å². The monoisotopic (exact) mass is 329 g/mol. The van der Waals surface area contributed by atoms with Crippen molar-refractivity contribution in [2.75, 3.05) is 13.2 Å². The average molecular weight is 330 g/mol. The number of hydrogen-bond donors (Lipinski definition) is 1. The van der Waals surface area contributed by atoms with Crippen LogP contribution in [0.5, 0.6) is 0 Å². The van der Waals surface area contributed by atoms with Crippen molar-refractivity contribution < 1.29 is 5.11 Å². The Morgan fingerprint density at radius 2 is 2.04 bits per heavy atom. The molecule has 2 heteroatoms. The number of hydrogen-bond acceptors (Lipinski definition) is 2. The van der Waals surface area contributed by atoms with Crippen LogP contribution >= 0.6 is 0 Å². The number of aliphatic hydroxyl groups excluding tert-OH is 1. The van der Waals surface area contributed by atoms with Crippen molar-refractivity contribution in [3.8, 4) is 0 Å². The predicted molar refractivity (Wildman–Crippen MR) is 107 cm³/mol. The fraction of sp³-hybridized carbons (Fsp3) is 0.591. The van der Waals surface area contributed by atoms with E-state index >= 15 is 0 Å². The van der Waals surface area contributed by atoms with Crippen molar-refractivity contribution in [1.82, 2.24) is 0 Å². The van der Waals surface area contributed by atoms with E-state index in [9.17, 15) is 0 Å². The van der Waals surface area contributed by atoms with E-state index in [1.54, 1.807) is 11.8 Å². The van der Waals surface area contributed by atoms with Crippen LogP contribution in [0.1, 0.15) is 66.7 Å². The highest BCUT2D eigenvalue weighted by Gasteiger charge is 2.26. The second-order valence-electron chi connectivity index (χ2n) is 7.54. The molecule has 0 aliphatic heterocycles. The predicted octanol–water partition coefficient (Wildman–Crippen LogP) is 5.81. The molecule has 2 nitrogen and oxygen atoms in total. The third-order valence-corrected chi connectivity index (χ3v) is 4.75. The van der Waals surface area contributed by atoms with Gasteiger partial charge in [-0.3, -0.25) is 4.99 Å². The van der Waals surface area contributed by atoms with Crippen LogP contribution in [0.3, 0.4) is 0 Å². The standard InChI is InChI=1S/C22H35NO/c1-18(8-6-9-19(2)13-15-23-16-17-24)11-12-21-20(3)10-7-14-22(21,4)5/h8,11-13,15,24H,6-7,9-10,14,16-17H2,1-5H3/b12-11+,18-8+,19-13+,23-15+. The van der Waals surface area contributed by atoms with Crippen molar-refractivity contribution in [1.29, 1.82) is 0 Å². The molecule has 1 rings (SSSR count). The third kappa shape index (κ3) is 7.44. The van der Waals surface area contributed by atoms with E-state index in [4.69, 9.17) is 5.11 Å². The molecule has 0 aromatic heterocycles. The number of aliphatic hydroxyl groups is 1. The molecule has 0 fully saturated rings. The minimum absolute atomic E-state index is 0.115. The van der Waals surface area contributed by atoms with E-state index in [0.29, 0.717) is 12.0 Å². The van der Waals surface area contributed by atoms with Crippen LogP contribution in [-0.2, 0) is 0 Å². The Labute approximate surface area is 148 Å². The summed E-state index contributed by atoms with van der Waals surface area (Å²) in [7, 11) is 0. The maximum atomic E-state index is 8.68. The highest BCUT2D eigenvalue weighted by Crippen LogP contribution is 2.40. The van der Waals surface area contributed by atoms with Gasteiger partial charge in [0, 0.05) is 6.21 Å². The molecule has 0 saturated heterocycles. The van der Waals surface area contributed by atoms with E-state index in [0.717, 1.165) is 12.8 Å². The molecule has 0 saturated carbocycles. The summed E-state index contributed by atoms with van der Waals surface area (Å²) < 4.78 is 0. The molecule has 134 valence electrons. The van der Waals surface area contributed by atoms with Gasteiger partial charge < -0.3 is 5.11 Å². The van der Waals surface area contributed by atoms with Crippen LogP contribution in [0, 0.1) is 5.41 Å². The molecule has 0 aromatic carbocycles. The van der Waals surface area contributed by atoms with E-state index < -0.39 is 0 Å². The Morgan fingerprint density at radius 1 is 1.29 bits per heavy atom. The van der Waals surface area contributed by atoms with E-state index in [1.807, 2.05) is 6.08 Å². The van der Waals surface area contributed by atoms with Crippen LogP contribution in [-0.4, -0.2) is 24.5 Å². The topological polar surface area (TPSA) is 32.6 Å². The van der Waals surface area contributed by atoms with Crippen LogP contribution in [0.15, 0.2) is 51.6 Å². The quantitative estimate of drug-likeness (QED) is 0.442. The number of aliphatic imine (C=N–C) groups is 1. The van der Waals surface area contributed by atoms with E-state index in [2.05, 4.69) is 57.8 Å². The number of nitrogens with zero attached hydrogens (tertiary/aromatic N) is 1. The molecule has 0 atom stereocenters. The Bertz CT molecular complexity index is 544. The Balaban J connectivity index is 2.55. The first-order valence-corrected chi connectivity index (χ1v) is 9.18. The summed E-state index contributed by atoms with van der Waals surface area (Å²) in [6.07, 6.45) is 16.7. The molecule has 1 N–H and O–H groups in total. The first-order chi connectivity index (χ1) is 11.4. The molecule has 0 amide bonds. The largest absolute Gasteiger partial charge is 0.394 e. The van der Waals surface area contributed by atoms with Gasteiger partial charge in [-0.25, -0.2) is 0 Å². The highest BCUT2D eigenvalue weighted by atomic mass is 16.3. The second-order valence-corrected chi connectivity index (χ2v) is 7.54. The smallest absolute Gasteiger partial charge is 0.0626 e. The molecule has 0 unspecified atom stereocenters. The number of rotatable bonds is 8. The van der Waals surface area contributed by atoms with Crippen molar-refractivity contribution >= 4 is 6.21 Å². The summed E-state index contributed by atoms with van der Waals surface area (Å²) in [6, 6.07) is 0. The summed E-state index contributed by atoms with van der Waals surface area (Å²) in [5, 5.41) is 8.68. The summed E-state index contributed by atoms with van der Waals surface area (Å²) in [6.45, 7) is 11.9. The molecule has 0 heterocycles. The molecule has 1 aliphatic rings. The Morgan fingerprint density at radius 3 is 2.71 bits per heavy atom. The lowest BCUT2D eigenvalue weighted by Crippen LogP contribution is -2.19. The maximum Gasteiger partial charge on any atom is 0.0626 e. The fourth-order valence-electron chi connectivity index (χ4n) is 3.22. The van der Waals surface area contributed by atoms with Crippen LogP contribution in [0.2, 0.25) is 0 Å². The normalized spacial score (nSPS) is 19.8. The molecular weight excluding hydrogens is 294 g/mol. The van der Waals surface area contributed by atoms with Crippen LogP contribution in [0.25, 0.3) is 0 Å². The van der Waals surface area contributed by atoms with Crippen molar-refractivity contribution in [2.45, 2.75) is 66.7 Å². The van der Waals surface area contributed by atoms with Gasteiger partial charge in [-0.2, -0.15) is 0 Å². The van der Waals surface area contributed by atoms with Gasteiger partial charge >= 0.3 is 0 Å². The summed E-state index contributed by atoms with van der Waals surface area (Å²) in [5.41, 5.74) is 6.04. The zero-order valence-corrected chi connectivity index (χ0v) is 16.2. The zero-order chi connectivity index (χ0) is 18.0. The maximum absolute atomic E-state index is 8.68. The molecular formula is C22H35NO. The zero-order valence-electron chi connectivity index (χ0n) is 16.2. The van der Waals surface area contributed by atoms with Gasteiger partial charge in [-0.05, 0) is 69.9 Å². The van der Waals surface area contributed by atoms with Crippen LogP contribution in [0.4, 0.5) is 0 Å². The second kappa shape index (κ2) is 10.5. The average Bonchev–Trinajstić information content (AvgIpc) is 2.50. The van der Waals surface area contributed by atoms with Gasteiger partial charge in [0.2, 0.25) is 0 Å². The lowest BCUT2D eigenvalue weighted by atomic mass is 9.72. The molecule has 0 bridgehead atoms. The third-order valence-electron chi connectivity index (χ3n) is 4.75. The van der Waals surface area contributed by atoms with Gasteiger partial charge in [0.05, 0.1) is 13.2 Å². The molecule has 0 radical (unpaired) electrons. The highest BCUT2D eigenvalue weighted by molar-refractivity contribution is 5.71. The lowest BCUT2D eigenvalue weighted by molar-refractivity contribution is 0.307. The minimum Gasteiger partial charge on any atom is -0.394 e. The van der Waals surface area contributed by atoms with Crippen molar-refractivity contribution in [3.63, 3.8) is 0 Å². The van der Waals surface area contributed by atoms with E-state index in [1.165, 1.54) is 36.0 Å². The molecule has 24 heavy (non-hydrogen) atoms. The summed E-state index contributed by atoms with van der Waals surface area (Å²) in [4.78, 5) is 4.09. The number of allylic oxidation sites excluding steroid dienone is 8. The summed E-state index contributed by atoms with van der Waals surface area (Å²) in [5.74, 6) is 0. The van der Waals surface area contributed by atoms with Gasteiger partial charge in [0.25, 0.3) is 0 Å². The lowest BCUT2D eigenvalue weighted by Gasteiger charge is -2.32. The first-order valence-electron chi connectivity index (χ1n) is 9.18. The SMILES string of the molecule is CC1=C(/C=C/C(C)=C/CC/C(C)=C/C=N/CCO)C(C)(C)CCC1. The van der Waals surface area contributed by atoms with E-state index in [-0.39, 0.29) is 6.61 Å². The van der Waals surface area contributed by atoms with Crippen LogP contribution < -0.4 is 0 Å². The minimum atomic E-state index is 0.115. The van der Waals surface area contributed by atoms with Crippen molar-refractivity contribution in [3.05, 3.63) is 46.6 Å². The molecule has 0 aromatic rings. The fourth-order valence-corrected chi connectivity index (χ4v) is 3.22. The van der Waals surface area contributed by atoms with Crippen molar-refractivity contribution in [2.24, 2.45) is 10.4 Å². The Hall–Kier alpha value is -1.41. The van der Waals surface area contributed by atoms with Gasteiger partial charge in [-0.15, -0.1) is 0 Å². The van der Waals surface area contributed by atoms with Gasteiger partial charge in [0.1, 0.15) is 0 Å². The Kier molecular flexibility index (Phi) is 8.99. The van der Waals surface area contributed by atoms with Gasteiger partial charge in [-0.1, -0.05) is 48.8 Å². The molecule has 1 aliphatic carbocycles. The summed E-state index contributed by atoms with van der Waals surface area (Å²) >= 11 is 0.